The highest BCUT2D eigenvalue weighted by molar-refractivity contribution is 5.48. The van der Waals surface area contributed by atoms with Crippen molar-refractivity contribution in [3.8, 4) is 0 Å². The van der Waals surface area contributed by atoms with Gasteiger partial charge in [-0.3, -0.25) is 15.8 Å². The molecule has 0 aromatic carbocycles. The van der Waals surface area contributed by atoms with Gasteiger partial charge in [0.1, 0.15) is 0 Å². The van der Waals surface area contributed by atoms with E-state index in [1.54, 1.807) is 24.7 Å². The van der Waals surface area contributed by atoms with Gasteiger partial charge < -0.3 is 5.73 Å². The van der Waals surface area contributed by atoms with Crippen molar-refractivity contribution in [1.29, 1.82) is 0 Å². The summed E-state index contributed by atoms with van der Waals surface area (Å²) >= 11 is 0. The van der Waals surface area contributed by atoms with Crippen LogP contribution in [0, 0.1) is 6.92 Å². The van der Waals surface area contributed by atoms with Gasteiger partial charge in [-0.2, -0.15) is 0 Å². The molecule has 2 aromatic heterocycles. The predicted octanol–water partition coefficient (Wildman–Crippen LogP) is 0.920. The average Bonchev–Trinajstić information content (AvgIpc) is 2.33. The second-order valence-electron chi connectivity index (χ2n) is 3.86. The van der Waals surface area contributed by atoms with Crippen molar-refractivity contribution in [2.24, 2.45) is 5.84 Å². The lowest BCUT2D eigenvalue weighted by Crippen LogP contribution is -2.30. The van der Waals surface area contributed by atoms with Gasteiger partial charge in [-0.15, -0.1) is 0 Å². The van der Waals surface area contributed by atoms with Crippen LogP contribution >= 0.6 is 0 Å². The molecule has 0 saturated heterocycles. The first-order chi connectivity index (χ1) is 8.22. The van der Waals surface area contributed by atoms with E-state index in [4.69, 9.17) is 11.6 Å². The Morgan fingerprint density at radius 3 is 2.76 bits per heavy atom. The summed E-state index contributed by atoms with van der Waals surface area (Å²) in [6.45, 7) is 2.01. The first-order valence-corrected chi connectivity index (χ1v) is 5.30. The largest absolute Gasteiger partial charge is 0.398 e. The number of anilines is 1. The number of aromatic nitrogens is 2. The molecule has 0 amide bonds. The van der Waals surface area contributed by atoms with E-state index in [0.29, 0.717) is 5.69 Å². The number of hydrogen-bond acceptors (Lipinski definition) is 5. The molecule has 5 heteroatoms. The molecule has 88 valence electrons. The monoisotopic (exact) mass is 229 g/mol. The van der Waals surface area contributed by atoms with E-state index >= 15 is 0 Å². The Morgan fingerprint density at radius 1 is 1.29 bits per heavy atom. The lowest BCUT2D eigenvalue weighted by molar-refractivity contribution is 0.620. The molecule has 5 nitrogen and oxygen atoms in total. The zero-order valence-electron chi connectivity index (χ0n) is 9.59. The van der Waals surface area contributed by atoms with Crippen molar-refractivity contribution >= 4 is 5.69 Å². The van der Waals surface area contributed by atoms with E-state index in [1.165, 1.54) is 0 Å². The highest BCUT2D eigenvalue weighted by Gasteiger charge is 2.16. The van der Waals surface area contributed by atoms with Gasteiger partial charge >= 0.3 is 0 Å². The number of aryl methyl sites for hydroxylation is 1. The van der Waals surface area contributed by atoms with E-state index in [0.717, 1.165) is 16.8 Å². The summed E-state index contributed by atoms with van der Waals surface area (Å²) < 4.78 is 0. The Hall–Kier alpha value is -1.98. The molecular formula is C12H15N5. The van der Waals surface area contributed by atoms with E-state index in [2.05, 4.69) is 15.4 Å². The van der Waals surface area contributed by atoms with Crippen LogP contribution in [0.5, 0.6) is 0 Å². The smallest absolute Gasteiger partial charge is 0.0916 e. The third kappa shape index (κ3) is 2.41. The molecule has 2 aromatic rings. The van der Waals surface area contributed by atoms with Crippen LogP contribution in [0.3, 0.4) is 0 Å². The number of nitrogens with one attached hydrogen (secondary N) is 1. The number of rotatable bonds is 3. The highest BCUT2D eigenvalue weighted by atomic mass is 15.2. The minimum atomic E-state index is -0.247. The summed E-state index contributed by atoms with van der Waals surface area (Å²) in [6.07, 6.45) is 5.10. The van der Waals surface area contributed by atoms with Gasteiger partial charge in [-0.1, -0.05) is 0 Å². The Bertz CT molecular complexity index is 512. The minimum Gasteiger partial charge on any atom is -0.398 e. The molecule has 1 unspecified atom stereocenters. The Labute approximate surface area is 99.9 Å². The zero-order valence-corrected chi connectivity index (χ0v) is 9.59. The molecule has 0 spiro atoms. The van der Waals surface area contributed by atoms with Crippen LogP contribution in [0.4, 0.5) is 5.69 Å². The molecule has 0 aliphatic rings. The van der Waals surface area contributed by atoms with Crippen LogP contribution < -0.4 is 17.0 Å². The van der Waals surface area contributed by atoms with Gasteiger partial charge in [-0.05, 0) is 30.7 Å². The van der Waals surface area contributed by atoms with Crippen molar-refractivity contribution in [1.82, 2.24) is 15.4 Å². The number of nitrogens with two attached hydrogens (primary N) is 2. The summed E-state index contributed by atoms with van der Waals surface area (Å²) in [5, 5.41) is 0. The topological polar surface area (TPSA) is 89.8 Å². The maximum Gasteiger partial charge on any atom is 0.0916 e. The van der Waals surface area contributed by atoms with E-state index in [9.17, 15) is 0 Å². The predicted molar refractivity (Wildman–Crippen MR) is 66.8 cm³/mol. The van der Waals surface area contributed by atoms with E-state index in [1.807, 2.05) is 19.1 Å². The van der Waals surface area contributed by atoms with Crippen LogP contribution in [-0.4, -0.2) is 9.97 Å². The van der Waals surface area contributed by atoms with Crippen molar-refractivity contribution in [3.63, 3.8) is 0 Å². The Balaban J connectivity index is 2.44. The highest BCUT2D eigenvalue weighted by Crippen LogP contribution is 2.24. The molecule has 2 heterocycles. The van der Waals surface area contributed by atoms with Gasteiger partial charge in [0.15, 0.2) is 0 Å². The first-order valence-electron chi connectivity index (χ1n) is 5.30. The second-order valence-corrected chi connectivity index (χ2v) is 3.86. The number of nitrogen functional groups attached to an aromatic ring is 1. The number of pyridine rings is 2. The van der Waals surface area contributed by atoms with Crippen LogP contribution in [0.15, 0.2) is 36.8 Å². The lowest BCUT2D eigenvalue weighted by atomic mass is 10.0. The molecule has 1 atom stereocenters. The van der Waals surface area contributed by atoms with Crippen molar-refractivity contribution in [3.05, 3.63) is 53.6 Å². The van der Waals surface area contributed by atoms with E-state index in [-0.39, 0.29) is 6.04 Å². The average molecular weight is 229 g/mol. The normalized spacial score (nSPS) is 12.4. The SMILES string of the molecule is Cc1ccnc(C(NN)c2cnccc2N)c1. The lowest BCUT2D eigenvalue weighted by Gasteiger charge is -2.17. The van der Waals surface area contributed by atoms with Crippen LogP contribution in [-0.2, 0) is 0 Å². The fourth-order valence-electron chi connectivity index (χ4n) is 1.71. The summed E-state index contributed by atoms with van der Waals surface area (Å²) in [5.74, 6) is 5.58. The van der Waals surface area contributed by atoms with E-state index < -0.39 is 0 Å². The molecule has 0 aliphatic heterocycles. The molecule has 2 rings (SSSR count). The fraction of sp³-hybridized carbons (Fsp3) is 0.167. The maximum absolute atomic E-state index is 5.91. The summed E-state index contributed by atoms with van der Waals surface area (Å²) in [4.78, 5) is 8.36. The third-order valence-corrected chi connectivity index (χ3v) is 2.60. The van der Waals surface area contributed by atoms with Crippen LogP contribution in [0.1, 0.15) is 22.9 Å². The first kappa shape index (κ1) is 11.5. The number of hydrogen-bond donors (Lipinski definition) is 3. The molecule has 0 saturated carbocycles. The third-order valence-electron chi connectivity index (χ3n) is 2.60. The molecular weight excluding hydrogens is 214 g/mol. The molecule has 0 bridgehead atoms. The number of hydrazine groups is 1. The minimum absolute atomic E-state index is 0.247. The Kier molecular flexibility index (Phi) is 3.32. The van der Waals surface area contributed by atoms with Crippen LogP contribution in [0.2, 0.25) is 0 Å². The van der Waals surface area contributed by atoms with Gasteiger partial charge in [0.25, 0.3) is 0 Å². The molecule has 5 N–H and O–H groups in total. The summed E-state index contributed by atoms with van der Waals surface area (Å²) in [6, 6.07) is 5.40. The van der Waals surface area contributed by atoms with Gasteiger partial charge in [0, 0.05) is 29.8 Å². The molecule has 0 aliphatic carbocycles. The maximum atomic E-state index is 5.91. The second kappa shape index (κ2) is 4.90. The summed E-state index contributed by atoms with van der Waals surface area (Å²) in [5.41, 5.74) is 12.0. The van der Waals surface area contributed by atoms with Crippen molar-refractivity contribution in [2.45, 2.75) is 13.0 Å². The molecule has 17 heavy (non-hydrogen) atoms. The van der Waals surface area contributed by atoms with Crippen LogP contribution in [0.25, 0.3) is 0 Å². The van der Waals surface area contributed by atoms with Gasteiger partial charge in [-0.25, -0.2) is 5.43 Å². The summed E-state index contributed by atoms with van der Waals surface area (Å²) in [7, 11) is 0. The quantitative estimate of drug-likeness (QED) is 0.538. The zero-order chi connectivity index (χ0) is 12.3. The fourth-order valence-corrected chi connectivity index (χ4v) is 1.71. The van der Waals surface area contributed by atoms with Gasteiger partial charge in [0.05, 0.1) is 11.7 Å². The Morgan fingerprint density at radius 2 is 2.12 bits per heavy atom. The molecule has 0 fully saturated rings. The van der Waals surface area contributed by atoms with Crippen molar-refractivity contribution in [2.75, 3.05) is 5.73 Å². The standard InChI is InChI=1S/C12H15N5/c1-8-2-5-16-11(6-8)12(17-14)9-7-15-4-3-10(9)13/h2-7,12,17H,14H2,1H3,(H2,13,15). The molecule has 0 radical (unpaired) electrons. The van der Waals surface area contributed by atoms with Crippen molar-refractivity contribution < 1.29 is 0 Å². The number of nitrogens with zero attached hydrogens (tertiary/aromatic N) is 2. The van der Waals surface area contributed by atoms with Gasteiger partial charge in [0.2, 0.25) is 0 Å².